The quantitative estimate of drug-likeness (QED) is 0.887. The first-order valence-electron chi connectivity index (χ1n) is 5.18. The SMILES string of the molecule is COc1cccc(Cl)c1-c1cc(C)cnc1N. The van der Waals surface area contributed by atoms with Crippen LogP contribution in [0.5, 0.6) is 5.75 Å². The number of aromatic nitrogens is 1. The fraction of sp³-hybridized carbons (Fsp3) is 0.154. The highest BCUT2D eigenvalue weighted by Gasteiger charge is 2.13. The van der Waals surface area contributed by atoms with E-state index < -0.39 is 0 Å². The van der Waals surface area contributed by atoms with Crippen LogP contribution in [-0.4, -0.2) is 12.1 Å². The van der Waals surface area contributed by atoms with Crippen molar-refractivity contribution in [3.05, 3.63) is 41.0 Å². The van der Waals surface area contributed by atoms with E-state index in [0.717, 1.165) is 16.7 Å². The summed E-state index contributed by atoms with van der Waals surface area (Å²) in [4.78, 5) is 4.14. The van der Waals surface area contributed by atoms with Crippen molar-refractivity contribution in [3.63, 3.8) is 0 Å². The lowest BCUT2D eigenvalue weighted by Gasteiger charge is -2.12. The average Bonchev–Trinajstić information content (AvgIpc) is 2.32. The fourth-order valence-electron chi connectivity index (χ4n) is 1.72. The zero-order valence-corrected chi connectivity index (χ0v) is 10.5. The minimum atomic E-state index is 0.446. The van der Waals surface area contributed by atoms with Gasteiger partial charge in [0.1, 0.15) is 11.6 Å². The van der Waals surface area contributed by atoms with Crippen LogP contribution in [0, 0.1) is 6.92 Å². The largest absolute Gasteiger partial charge is 0.496 e. The molecule has 0 bridgehead atoms. The molecule has 88 valence electrons. The number of nitrogen functional groups attached to an aromatic ring is 1. The molecule has 2 N–H and O–H groups in total. The Morgan fingerprint density at radius 2 is 2.12 bits per heavy atom. The summed E-state index contributed by atoms with van der Waals surface area (Å²) >= 11 is 6.20. The average molecular weight is 249 g/mol. The first kappa shape index (κ1) is 11.7. The molecule has 0 aliphatic carbocycles. The molecule has 0 aliphatic heterocycles. The molecular formula is C13H13ClN2O. The molecule has 0 atom stereocenters. The number of hydrogen-bond acceptors (Lipinski definition) is 3. The van der Waals surface area contributed by atoms with Crippen molar-refractivity contribution in [1.82, 2.24) is 4.98 Å². The minimum absolute atomic E-state index is 0.446. The van der Waals surface area contributed by atoms with E-state index in [2.05, 4.69) is 4.98 Å². The molecule has 0 unspecified atom stereocenters. The molecule has 0 fully saturated rings. The summed E-state index contributed by atoms with van der Waals surface area (Å²) in [5.74, 6) is 1.14. The summed E-state index contributed by atoms with van der Waals surface area (Å²) in [6.45, 7) is 1.96. The van der Waals surface area contributed by atoms with Gasteiger partial charge in [-0.25, -0.2) is 4.98 Å². The van der Waals surface area contributed by atoms with Crippen LogP contribution in [0.15, 0.2) is 30.5 Å². The molecule has 0 saturated carbocycles. The molecule has 1 aromatic heterocycles. The number of nitrogens with two attached hydrogens (primary N) is 1. The van der Waals surface area contributed by atoms with E-state index in [-0.39, 0.29) is 0 Å². The predicted octanol–water partition coefficient (Wildman–Crippen LogP) is 3.30. The monoisotopic (exact) mass is 248 g/mol. The standard InChI is InChI=1S/C13H13ClN2O/c1-8-6-9(13(15)16-7-8)12-10(14)4-3-5-11(12)17-2/h3-7H,1-2H3,(H2,15,16). The number of methoxy groups -OCH3 is 1. The molecule has 0 radical (unpaired) electrons. The van der Waals surface area contributed by atoms with Crippen molar-refractivity contribution >= 4 is 17.4 Å². The van der Waals surface area contributed by atoms with Crippen LogP contribution >= 0.6 is 11.6 Å². The van der Waals surface area contributed by atoms with Crippen molar-refractivity contribution < 1.29 is 4.74 Å². The number of benzene rings is 1. The van der Waals surface area contributed by atoms with E-state index in [0.29, 0.717) is 16.6 Å². The number of hydrogen-bond donors (Lipinski definition) is 1. The van der Waals surface area contributed by atoms with Crippen LogP contribution in [0.2, 0.25) is 5.02 Å². The normalized spacial score (nSPS) is 10.3. The highest BCUT2D eigenvalue weighted by atomic mass is 35.5. The summed E-state index contributed by atoms with van der Waals surface area (Å²) in [5.41, 5.74) is 8.49. The smallest absolute Gasteiger partial charge is 0.131 e. The maximum atomic E-state index is 6.20. The van der Waals surface area contributed by atoms with Crippen molar-refractivity contribution in [2.75, 3.05) is 12.8 Å². The summed E-state index contributed by atoms with van der Waals surface area (Å²) in [5, 5.41) is 0.600. The van der Waals surface area contributed by atoms with Crippen molar-refractivity contribution in [1.29, 1.82) is 0 Å². The summed E-state index contributed by atoms with van der Waals surface area (Å²) in [6, 6.07) is 7.44. The minimum Gasteiger partial charge on any atom is -0.496 e. The second-order valence-corrected chi connectivity index (χ2v) is 4.17. The predicted molar refractivity (Wildman–Crippen MR) is 70.4 cm³/mol. The molecule has 1 aromatic carbocycles. The van der Waals surface area contributed by atoms with Gasteiger partial charge in [0.25, 0.3) is 0 Å². The molecule has 4 heteroatoms. The summed E-state index contributed by atoms with van der Waals surface area (Å²) in [6.07, 6.45) is 1.72. The first-order valence-corrected chi connectivity index (χ1v) is 5.56. The van der Waals surface area contributed by atoms with Gasteiger partial charge in [0.2, 0.25) is 0 Å². The van der Waals surface area contributed by atoms with Crippen molar-refractivity contribution in [3.8, 4) is 16.9 Å². The topological polar surface area (TPSA) is 48.1 Å². The van der Waals surface area contributed by atoms with Crippen LogP contribution < -0.4 is 10.5 Å². The summed E-state index contributed by atoms with van der Waals surface area (Å²) < 4.78 is 5.31. The van der Waals surface area contributed by atoms with Gasteiger partial charge in [-0.15, -0.1) is 0 Å². The zero-order chi connectivity index (χ0) is 12.4. The van der Waals surface area contributed by atoms with Gasteiger partial charge in [0.15, 0.2) is 0 Å². The molecule has 1 heterocycles. The van der Waals surface area contributed by atoms with E-state index >= 15 is 0 Å². The Morgan fingerprint density at radius 3 is 2.82 bits per heavy atom. The zero-order valence-electron chi connectivity index (χ0n) is 9.70. The van der Waals surface area contributed by atoms with E-state index in [9.17, 15) is 0 Å². The number of ether oxygens (including phenoxy) is 1. The van der Waals surface area contributed by atoms with Gasteiger partial charge in [0, 0.05) is 17.3 Å². The van der Waals surface area contributed by atoms with Gasteiger partial charge in [-0.1, -0.05) is 17.7 Å². The Bertz CT molecular complexity index is 555. The van der Waals surface area contributed by atoms with Crippen LogP contribution in [0.1, 0.15) is 5.56 Å². The van der Waals surface area contributed by atoms with Gasteiger partial charge < -0.3 is 10.5 Å². The Kier molecular flexibility index (Phi) is 3.20. The van der Waals surface area contributed by atoms with E-state index in [1.54, 1.807) is 19.4 Å². The van der Waals surface area contributed by atoms with Crippen LogP contribution in [-0.2, 0) is 0 Å². The third-order valence-corrected chi connectivity index (χ3v) is 2.83. The highest BCUT2D eigenvalue weighted by molar-refractivity contribution is 6.33. The van der Waals surface area contributed by atoms with Crippen LogP contribution in [0.4, 0.5) is 5.82 Å². The molecule has 3 nitrogen and oxygen atoms in total. The lowest BCUT2D eigenvalue weighted by atomic mass is 10.0. The van der Waals surface area contributed by atoms with Gasteiger partial charge in [0.05, 0.1) is 12.1 Å². The molecule has 2 aromatic rings. The summed E-state index contributed by atoms with van der Waals surface area (Å²) in [7, 11) is 1.61. The van der Waals surface area contributed by atoms with E-state index in [4.69, 9.17) is 22.1 Å². The fourth-order valence-corrected chi connectivity index (χ4v) is 1.98. The lowest BCUT2D eigenvalue weighted by molar-refractivity contribution is 0.416. The Balaban J connectivity index is 2.71. The Morgan fingerprint density at radius 1 is 1.35 bits per heavy atom. The van der Waals surface area contributed by atoms with Gasteiger partial charge in [-0.3, -0.25) is 0 Å². The lowest BCUT2D eigenvalue weighted by Crippen LogP contribution is -1.97. The maximum Gasteiger partial charge on any atom is 0.131 e. The Hall–Kier alpha value is -1.74. The van der Waals surface area contributed by atoms with Gasteiger partial charge in [-0.05, 0) is 30.7 Å². The van der Waals surface area contributed by atoms with Gasteiger partial charge in [-0.2, -0.15) is 0 Å². The number of halogens is 1. The molecule has 2 rings (SSSR count). The molecule has 0 spiro atoms. The number of rotatable bonds is 2. The van der Waals surface area contributed by atoms with Crippen molar-refractivity contribution in [2.24, 2.45) is 0 Å². The molecular weight excluding hydrogens is 236 g/mol. The Labute approximate surface area is 105 Å². The highest BCUT2D eigenvalue weighted by Crippen LogP contribution is 2.38. The molecule has 0 amide bonds. The van der Waals surface area contributed by atoms with Crippen molar-refractivity contribution in [2.45, 2.75) is 6.92 Å². The second kappa shape index (κ2) is 4.63. The number of aryl methyl sites for hydroxylation is 1. The molecule has 0 aliphatic rings. The van der Waals surface area contributed by atoms with Crippen LogP contribution in [0.25, 0.3) is 11.1 Å². The number of pyridine rings is 1. The third kappa shape index (κ3) is 2.19. The van der Waals surface area contributed by atoms with E-state index in [1.165, 1.54) is 0 Å². The van der Waals surface area contributed by atoms with Gasteiger partial charge >= 0.3 is 0 Å². The first-order chi connectivity index (χ1) is 8.13. The maximum absolute atomic E-state index is 6.20. The third-order valence-electron chi connectivity index (χ3n) is 2.52. The number of anilines is 1. The molecule has 0 saturated heterocycles. The second-order valence-electron chi connectivity index (χ2n) is 3.76. The van der Waals surface area contributed by atoms with E-state index in [1.807, 2.05) is 25.1 Å². The molecule has 17 heavy (non-hydrogen) atoms. The number of nitrogens with zero attached hydrogens (tertiary/aromatic N) is 1. The van der Waals surface area contributed by atoms with Crippen LogP contribution in [0.3, 0.4) is 0 Å².